The van der Waals surface area contributed by atoms with E-state index in [1.807, 2.05) is 0 Å². The molecule has 0 bridgehead atoms. The van der Waals surface area contributed by atoms with E-state index < -0.39 is 15.4 Å². The summed E-state index contributed by atoms with van der Waals surface area (Å²) in [4.78, 5) is 13.4. The first-order valence-electron chi connectivity index (χ1n) is 5.91. The highest BCUT2D eigenvalue weighted by molar-refractivity contribution is 7.91. The molecule has 3 saturated heterocycles. The molecular formula is C10H16N2O4S. The van der Waals surface area contributed by atoms with Crippen molar-refractivity contribution >= 4 is 15.9 Å². The Hall–Kier alpha value is -0.820. The van der Waals surface area contributed by atoms with Gasteiger partial charge in [-0.2, -0.15) is 0 Å². The molecule has 96 valence electrons. The topological polar surface area (TPSA) is 75.7 Å². The third kappa shape index (κ3) is 1.91. The lowest BCUT2D eigenvalue weighted by molar-refractivity contribution is 0.0726. The second-order valence-corrected chi connectivity index (χ2v) is 7.39. The van der Waals surface area contributed by atoms with Crippen LogP contribution in [0.4, 0.5) is 4.79 Å². The molecule has 3 aliphatic rings. The van der Waals surface area contributed by atoms with Gasteiger partial charge in [0.1, 0.15) is 5.60 Å². The van der Waals surface area contributed by atoms with E-state index in [4.69, 9.17) is 4.74 Å². The summed E-state index contributed by atoms with van der Waals surface area (Å²) >= 11 is 0. The molecule has 1 N–H and O–H groups in total. The van der Waals surface area contributed by atoms with Crippen LogP contribution in [0.3, 0.4) is 0 Å². The maximum atomic E-state index is 11.8. The summed E-state index contributed by atoms with van der Waals surface area (Å²) in [5, 5.41) is 3.18. The number of carbonyl (C=O) groups is 1. The van der Waals surface area contributed by atoms with Crippen LogP contribution >= 0.6 is 0 Å². The summed E-state index contributed by atoms with van der Waals surface area (Å²) in [6.45, 7) is 2.05. The summed E-state index contributed by atoms with van der Waals surface area (Å²) in [5.74, 6) is 0.276. The number of nitrogens with zero attached hydrogens (tertiary/aromatic N) is 1. The summed E-state index contributed by atoms with van der Waals surface area (Å²) in [5.41, 5.74) is -0.413. The molecule has 0 saturated carbocycles. The fourth-order valence-electron chi connectivity index (χ4n) is 2.89. The van der Waals surface area contributed by atoms with Gasteiger partial charge in [-0.25, -0.2) is 13.2 Å². The van der Waals surface area contributed by atoms with Crippen LogP contribution in [0.15, 0.2) is 0 Å². The van der Waals surface area contributed by atoms with Crippen molar-refractivity contribution in [2.24, 2.45) is 0 Å². The van der Waals surface area contributed by atoms with Crippen molar-refractivity contribution in [1.29, 1.82) is 0 Å². The minimum atomic E-state index is -2.96. The van der Waals surface area contributed by atoms with E-state index in [1.165, 1.54) is 0 Å². The molecule has 0 aliphatic carbocycles. The van der Waals surface area contributed by atoms with Gasteiger partial charge in [-0.05, 0) is 13.0 Å². The molecule has 6 nitrogen and oxygen atoms in total. The third-order valence-electron chi connectivity index (χ3n) is 3.85. The van der Waals surface area contributed by atoms with E-state index in [1.54, 1.807) is 4.90 Å². The zero-order chi connectivity index (χ0) is 12.1. The van der Waals surface area contributed by atoms with Gasteiger partial charge in [0.2, 0.25) is 0 Å². The fourth-order valence-corrected chi connectivity index (χ4v) is 4.62. The predicted octanol–water partition coefficient (Wildman–Crippen LogP) is -0.642. The molecule has 3 aliphatic heterocycles. The van der Waals surface area contributed by atoms with Crippen LogP contribution < -0.4 is 5.32 Å². The Morgan fingerprint density at radius 3 is 2.88 bits per heavy atom. The SMILES string of the molecule is O=C1OC2(CCNC2)CN1C1CCS(=O)(=O)C1. The zero-order valence-electron chi connectivity index (χ0n) is 9.52. The lowest BCUT2D eigenvalue weighted by Crippen LogP contribution is -2.41. The fraction of sp³-hybridized carbons (Fsp3) is 0.900. The van der Waals surface area contributed by atoms with Crippen LogP contribution in [-0.4, -0.2) is 62.2 Å². The highest BCUT2D eigenvalue weighted by Crippen LogP contribution is 2.32. The van der Waals surface area contributed by atoms with Crippen molar-refractivity contribution in [1.82, 2.24) is 10.2 Å². The van der Waals surface area contributed by atoms with Gasteiger partial charge in [-0.1, -0.05) is 0 Å². The van der Waals surface area contributed by atoms with Gasteiger partial charge in [0.15, 0.2) is 9.84 Å². The quantitative estimate of drug-likeness (QED) is 0.678. The standard InChI is InChI=1S/C10H16N2O4S/c13-9-12(8-1-4-17(14,15)5-8)7-10(16-9)2-3-11-6-10/h8,11H,1-7H2. The van der Waals surface area contributed by atoms with Gasteiger partial charge >= 0.3 is 6.09 Å². The van der Waals surface area contributed by atoms with Crippen molar-refractivity contribution in [3.8, 4) is 0 Å². The second kappa shape index (κ2) is 3.58. The van der Waals surface area contributed by atoms with Crippen LogP contribution in [0, 0.1) is 0 Å². The lowest BCUT2D eigenvalue weighted by atomic mass is 10.0. The average Bonchev–Trinajstić information content (AvgIpc) is 2.89. The van der Waals surface area contributed by atoms with Crippen molar-refractivity contribution < 1.29 is 17.9 Å². The van der Waals surface area contributed by atoms with E-state index in [2.05, 4.69) is 5.32 Å². The van der Waals surface area contributed by atoms with E-state index in [-0.39, 0.29) is 23.6 Å². The normalized spacial score (nSPS) is 40.1. The predicted molar refractivity (Wildman–Crippen MR) is 60.5 cm³/mol. The molecule has 2 unspecified atom stereocenters. The molecule has 2 atom stereocenters. The summed E-state index contributed by atoms with van der Waals surface area (Å²) in [7, 11) is -2.96. The third-order valence-corrected chi connectivity index (χ3v) is 5.60. The molecule has 3 heterocycles. The number of hydrogen-bond acceptors (Lipinski definition) is 5. The molecule has 17 heavy (non-hydrogen) atoms. The van der Waals surface area contributed by atoms with Gasteiger partial charge in [0.05, 0.1) is 24.1 Å². The zero-order valence-corrected chi connectivity index (χ0v) is 10.3. The Balaban J connectivity index is 1.75. The minimum absolute atomic E-state index is 0.0889. The molecular weight excluding hydrogens is 244 g/mol. The van der Waals surface area contributed by atoms with Crippen LogP contribution in [0.2, 0.25) is 0 Å². The van der Waals surface area contributed by atoms with E-state index in [9.17, 15) is 13.2 Å². The van der Waals surface area contributed by atoms with E-state index in [0.717, 1.165) is 13.0 Å². The van der Waals surface area contributed by atoms with Crippen molar-refractivity contribution in [3.63, 3.8) is 0 Å². The highest BCUT2D eigenvalue weighted by atomic mass is 32.2. The summed E-state index contributed by atoms with van der Waals surface area (Å²) in [6, 6.07) is -0.188. The number of amides is 1. The van der Waals surface area contributed by atoms with Gasteiger partial charge in [0.25, 0.3) is 0 Å². The summed E-state index contributed by atoms with van der Waals surface area (Å²) in [6.07, 6.45) is 1.01. The lowest BCUT2D eigenvalue weighted by Gasteiger charge is -2.22. The number of rotatable bonds is 1. The van der Waals surface area contributed by atoms with Crippen LogP contribution in [0.1, 0.15) is 12.8 Å². The van der Waals surface area contributed by atoms with Gasteiger partial charge in [0, 0.05) is 13.0 Å². The Morgan fingerprint density at radius 1 is 1.47 bits per heavy atom. The number of nitrogens with one attached hydrogen (secondary N) is 1. The van der Waals surface area contributed by atoms with Crippen molar-refractivity contribution in [2.45, 2.75) is 24.5 Å². The van der Waals surface area contributed by atoms with E-state index in [0.29, 0.717) is 19.5 Å². The van der Waals surface area contributed by atoms with Gasteiger partial charge in [-0.15, -0.1) is 0 Å². The molecule has 0 aromatic heterocycles. The minimum Gasteiger partial charge on any atom is -0.439 e. The first kappa shape index (κ1) is 11.3. The van der Waals surface area contributed by atoms with Crippen LogP contribution in [-0.2, 0) is 14.6 Å². The number of sulfone groups is 1. The largest absolute Gasteiger partial charge is 0.439 e. The van der Waals surface area contributed by atoms with Crippen LogP contribution in [0.25, 0.3) is 0 Å². The molecule has 3 fully saturated rings. The Labute approximate surface area is 100 Å². The molecule has 7 heteroatoms. The number of ether oxygens (including phenoxy) is 1. The van der Waals surface area contributed by atoms with E-state index >= 15 is 0 Å². The highest BCUT2D eigenvalue weighted by Gasteiger charge is 2.50. The Kier molecular flexibility index (Phi) is 2.38. The number of carbonyl (C=O) groups excluding carboxylic acids is 1. The monoisotopic (exact) mass is 260 g/mol. The van der Waals surface area contributed by atoms with Crippen molar-refractivity contribution in [3.05, 3.63) is 0 Å². The molecule has 0 radical (unpaired) electrons. The van der Waals surface area contributed by atoms with Gasteiger partial charge in [-0.3, -0.25) is 0 Å². The van der Waals surface area contributed by atoms with Crippen LogP contribution in [0.5, 0.6) is 0 Å². The smallest absolute Gasteiger partial charge is 0.410 e. The maximum Gasteiger partial charge on any atom is 0.410 e. The first-order chi connectivity index (χ1) is 8.00. The van der Waals surface area contributed by atoms with Gasteiger partial charge < -0.3 is 15.0 Å². The first-order valence-corrected chi connectivity index (χ1v) is 7.73. The maximum absolute atomic E-state index is 11.8. The Morgan fingerprint density at radius 2 is 2.29 bits per heavy atom. The molecule has 0 aromatic carbocycles. The molecule has 0 aromatic rings. The Bertz CT molecular complexity index is 441. The van der Waals surface area contributed by atoms with Crippen molar-refractivity contribution in [2.75, 3.05) is 31.1 Å². The average molecular weight is 260 g/mol. The molecule has 1 spiro atoms. The number of hydrogen-bond donors (Lipinski definition) is 1. The molecule has 1 amide bonds. The summed E-state index contributed by atoms with van der Waals surface area (Å²) < 4.78 is 28.3. The molecule has 3 rings (SSSR count). The second-order valence-electron chi connectivity index (χ2n) is 5.16.